The highest BCUT2D eigenvalue weighted by atomic mass is 16.6. The van der Waals surface area contributed by atoms with Gasteiger partial charge in [0.05, 0.1) is 19.6 Å². The average molecular weight is 149 g/mol. The molecule has 0 rings (SSSR count). The highest BCUT2D eigenvalue weighted by Gasteiger charge is 2.07. The van der Waals surface area contributed by atoms with Crippen molar-refractivity contribution < 1.29 is 19.8 Å². The Hall–Kier alpha value is -0.650. The van der Waals surface area contributed by atoms with E-state index in [0.717, 1.165) is 0 Å². The third-order valence-electron chi connectivity index (χ3n) is 0.874. The van der Waals surface area contributed by atoms with Gasteiger partial charge in [-0.15, -0.1) is 0 Å². The number of hydrogen-bond acceptors (Lipinski definition) is 4. The Morgan fingerprint density at radius 2 is 2.40 bits per heavy atom. The standard InChI is InChI=1S/C5H11NO4/c1-10-6-3-4(7)2-5(8)9/h4,6-7H,2-3H2,1H3,(H,8,9). The first-order valence-electron chi connectivity index (χ1n) is 2.82. The van der Waals surface area contributed by atoms with Gasteiger partial charge in [0.2, 0.25) is 0 Å². The minimum absolute atomic E-state index is 0.128. The Balaban J connectivity index is 3.25. The number of rotatable bonds is 5. The summed E-state index contributed by atoms with van der Waals surface area (Å²) in [6, 6.07) is 0. The van der Waals surface area contributed by atoms with Crippen LogP contribution in [0.1, 0.15) is 6.42 Å². The second kappa shape index (κ2) is 5.16. The van der Waals surface area contributed by atoms with Gasteiger partial charge < -0.3 is 15.1 Å². The topological polar surface area (TPSA) is 78.8 Å². The maximum Gasteiger partial charge on any atom is 0.306 e. The molecule has 0 heterocycles. The van der Waals surface area contributed by atoms with E-state index >= 15 is 0 Å². The summed E-state index contributed by atoms with van der Waals surface area (Å²) in [5.41, 5.74) is 2.34. The molecule has 5 heteroatoms. The molecule has 0 aromatic heterocycles. The molecule has 0 aliphatic heterocycles. The van der Waals surface area contributed by atoms with E-state index in [9.17, 15) is 4.79 Å². The number of carboxylic acids is 1. The number of aliphatic carboxylic acids is 1. The molecule has 0 spiro atoms. The second-order valence-corrected chi connectivity index (χ2v) is 1.80. The normalized spacial score (nSPS) is 13.0. The Kier molecular flexibility index (Phi) is 4.82. The first-order valence-corrected chi connectivity index (χ1v) is 2.82. The summed E-state index contributed by atoms with van der Waals surface area (Å²) in [5, 5.41) is 17.0. The fourth-order valence-corrected chi connectivity index (χ4v) is 0.453. The Labute approximate surface area is 58.6 Å². The van der Waals surface area contributed by atoms with Gasteiger partial charge in [-0.3, -0.25) is 4.79 Å². The molecule has 60 valence electrons. The van der Waals surface area contributed by atoms with Crippen LogP contribution in [-0.2, 0) is 9.63 Å². The van der Waals surface area contributed by atoms with Gasteiger partial charge in [0.15, 0.2) is 0 Å². The lowest BCUT2D eigenvalue weighted by molar-refractivity contribution is -0.139. The lowest BCUT2D eigenvalue weighted by Crippen LogP contribution is -2.27. The van der Waals surface area contributed by atoms with Gasteiger partial charge in [-0.25, -0.2) is 5.48 Å². The van der Waals surface area contributed by atoms with Crippen molar-refractivity contribution >= 4 is 5.97 Å². The van der Waals surface area contributed by atoms with E-state index in [0.29, 0.717) is 0 Å². The number of carbonyl (C=O) groups is 1. The van der Waals surface area contributed by atoms with Gasteiger partial charge in [-0.1, -0.05) is 0 Å². The predicted molar refractivity (Wildman–Crippen MR) is 33.3 cm³/mol. The quantitative estimate of drug-likeness (QED) is 0.436. The van der Waals surface area contributed by atoms with Crippen LogP contribution in [0.5, 0.6) is 0 Å². The first-order chi connectivity index (χ1) is 4.66. The molecule has 1 atom stereocenters. The van der Waals surface area contributed by atoms with Crippen molar-refractivity contribution in [2.24, 2.45) is 0 Å². The van der Waals surface area contributed by atoms with Crippen molar-refractivity contribution in [3.8, 4) is 0 Å². The van der Waals surface area contributed by atoms with E-state index in [1.165, 1.54) is 7.11 Å². The summed E-state index contributed by atoms with van der Waals surface area (Å²) in [6.45, 7) is 0.128. The number of hydrogen-bond donors (Lipinski definition) is 3. The van der Waals surface area contributed by atoms with Crippen molar-refractivity contribution in [2.45, 2.75) is 12.5 Å². The van der Waals surface area contributed by atoms with Crippen LogP contribution in [0.25, 0.3) is 0 Å². The molecule has 0 fully saturated rings. The van der Waals surface area contributed by atoms with Gasteiger partial charge in [0.1, 0.15) is 0 Å². The van der Waals surface area contributed by atoms with Crippen LogP contribution in [0.3, 0.4) is 0 Å². The lowest BCUT2D eigenvalue weighted by atomic mass is 10.3. The summed E-state index contributed by atoms with van der Waals surface area (Å²) in [6.07, 6.45) is -1.16. The first kappa shape index (κ1) is 9.35. The van der Waals surface area contributed by atoms with Crippen molar-refractivity contribution in [2.75, 3.05) is 13.7 Å². The molecular formula is C5H11NO4. The molecule has 3 N–H and O–H groups in total. The molecule has 0 aliphatic carbocycles. The molecule has 0 saturated carbocycles. The minimum atomic E-state index is -1.02. The van der Waals surface area contributed by atoms with E-state index < -0.39 is 12.1 Å². The zero-order valence-electron chi connectivity index (χ0n) is 5.70. The SMILES string of the molecule is CONCC(O)CC(=O)O. The number of carboxylic acid groups (broad SMARTS) is 1. The second-order valence-electron chi connectivity index (χ2n) is 1.80. The molecule has 0 aromatic carbocycles. The number of hydroxylamine groups is 1. The minimum Gasteiger partial charge on any atom is -0.481 e. The van der Waals surface area contributed by atoms with Gasteiger partial charge in [0.25, 0.3) is 0 Å². The van der Waals surface area contributed by atoms with Crippen molar-refractivity contribution in [1.82, 2.24) is 5.48 Å². The Morgan fingerprint density at radius 1 is 1.80 bits per heavy atom. The molecule has 0 radical (unpaired) electrons. The van der Waals surface area contributed by atoms with Crippen molar-refractivity contribution in [3.63, 3.8) is 0 Å². The van der Waals surface area contributed by atoms with Crippen LogP contribution in [0.2, 0.25) is 0 Å². The van der Waals surface area contributed by atoms with Crippen LogP contribution >= 0.6 is 0 Å². The zero-order chi connectivity index (χ0) is 7.98. The Bertz CT molecular complexity index is 106. The van der Waals surface area contributed by atoms with E-state index in [1.54, 1.807) is 0 Å². The molecule has 0 amide bonds. The molecule has 0 aromatic rings. The molecule has 5 nitrogen and oxygen atoms in total. The van der Waals surface area contributed by atoms with Crippen molar-refractivity contribution in [3.05, 3.63) is 0 Å². The van der Waals surface area contributed by atoms with Gasteiger partial charge in [-0.2, -0.15) is 0 Å². The van der Waals surface area contributed by atoms with Gasteiger partial charge in [0, 0.05) is 6.54 Å². The average Bonchev–Trinajstić information content (AvgIpc) is 1.82. The maximum absolute atomic E-state index is 9.94. The smallest absolute Gasteiger partial charge is 0.306 e. The fraction of sp³-hybridized carbons (Fsp3) is 0.800. The van der Waals surface area contributed by atoms with E-state index in [-0.39, 0.29) is 13.0 Å². The highest BCUT2D eigenvalue weighted by Crippen LogP contribution is 1.88. The predicted octanol–water partition coefficient (Wildman–Crippen LogP) is -1.03. The monoisotopic (exact) mass is 149 g/mol. The van der Waals surface area contributed by atoms with Crippen LogP contribution in [0.4, 0.5) is 0 Å². The van der Waals surface area contributed by atoms with Gasteiger partial charge in [-0.05, 0) is 0 Å². The summed E-state index contributed by atoms with van der Waals surface area (Å²) in [7, 11) is 1.40. The van der Waals surface area contributed by atoms with Crippen molar-refractivity contribution in [1.29, 1.82) is 0 Å². The molecule has 1 unspecified atom stereocenters. The number of aliphatic hydroxyl groups is 1. The third kappa shape index (κ3) is 5.49. The van der Waals surface area contributed by atoms with Crippen LogP contribution in [0.15, 0.2) is 0 Å². The summed E-state index contributed by atoms with van der Waals surface area (Å²) >= 11 is 0. The molecule has 10 heavy (non-hydrogen) atoms. The summed E-state index contributed by atoms with van der Waals surface area (Å²) < 4.78 is 0. The van der Waals surface area contributed by atoms with E-state index in [1.807, 2.05) is 0 Å². The number of nitrogens with one attached hydrogen (secondary N) is 1. The molecule has 0 bridgehead atoms. The molecule has 0 aliphatic rings. The Morgan fingerprint density at radius 3 is 2.80 bits per heavy atom. The number of aliphatic hydroxyl groups excluding tert-OH is 1. The maximum atomic E-state index is 9.94. The highest BCUT2D eigenvalue weighted by molar-refractivity contribution is 5.67. The fourth-order valence-electron chi connectivity index (χ4n) is 0.453. The van der Waals surface area contributed by atoms with Gasteiger partial charge >= 0.3 is 5.97 Å². The summed E-state index contributed by atoms with van der Waals surface area (Å²) in [5.74, 6) is -1.02. The molecule has 0 saturated heterocycles. The van der Waals surface area contributed by atoms with E-state index in [4.69, 9.17) is 10.2 Å². The third-order valence-corrected chi connectivity index (χ3v) is 0.874. The van der Waals surface area contributed by atoms with Crippen LogP contribution in [-0.4, -0.2) is 35.9 Å². The lowest BCUT2D eigenvalue weighted by Gasteiger charge is -2.06. The van der Waals surface area contributed by atoms with Crippen LogP contribution < -0.4 is 5.48 Å². The van der Waals surface area contributed by atoms with E-state index in [2.05, 4.69) is 10.3 Å². The molecular weight excluding hydrogens is 138 g/mol. The largest absolute Gasteiger partial charge is 0.481 e. The van der Waals surface area contributed by atoms with Crippen LogP contribution in [0, 0.1) is 0 Å². The zero-order valence-corrected chi connectivity index (χ0v) is 5.70. The summed E-state index contributed by atoms with van der Waals surface area (Å²) in [4.78, 5) is 14.3.